The minimum absolute atomic E-state index is 0.0427. The second kappa shape index (κ2) is 15.5. The largest absolute Gasteiger partial charge is 0.490 e. The summed E-state index contributed by atoms with van der Waals surface area (Å²) in [5.74, 6) is 1.05. The van der Waals surface area contributed by atoms with Crippen LogP contribution in [-0.2, 0) is 11.2 Å². The van der Waals surface area contributed by atoms with E-state index in [2.05, 4.69) is 50.3 Å². The van der Waals surface area contributed by atoms with E-state index in [9.17, 15) is 0 Å². The molecule has 1 saturated heterocycles. The Morgan fingerprint density at radius 3 is 2.00 bits per heavy atom. The maximum Gasteiger partial charge on any atom is 0.123 e. The molecule has 1 aliphatic heterocycles. The highest BCUT2D eigenvalue weighted by Crippen LogP contribution is 2.28. The number of allylic oxidation sites excluding steroid dienone is 2. The van der Waals surface area contributed by atoms with Gasteiger partial charge in [0.1, 0.15) is 18.0 Å². The van der Waals surface area contributed by atoms with Gasteiger partial charge in [-0.3, -0.25) is 0 Å². The molecular formula is C28H46O2. The van der Waals surface area contributed by atoms with E-state index < -0.39 is 0 Å². The molecule has 2 rings (SSSR count). The molecule has 0 amide bonds. The first-order valence-corrected chi connectivity index (χ1v) is 12.7. The zero-order chi connectivity index (χ0) is 21.3. The standard InChI is InChI=1S/C28H46O2/c1-3-4-5-6-7-8-9-10-11-12-13-14-15-16-17-18-21-26-22-19-20-23-27(26)29-24-28(2)25-30-28/h4-5,19-20,22-23H,3,6-18,21,24-25H2,1-2H3/b5-4+. The second-order valence-electron chi connectivity index (χ2n) is 9.30. The van der Waals surface area contributed by atoms with Gasteiger partial charge in [0, 0.05) is 0 Å². The van der Waals surface area contributed by atoms with Gasteiger partial charge in [0.2, 0.25) is 0 Å². The quantitative estimate of drug-likeness (QED) is 0.129. The molecule has 0 N–H and O–H groups in total. The van der Waals surface area contributed by atoms with Crippen molar-refractivity contribution in [2.75, 3.05) is 13.2 Å². The SMILES string of the molecule is CC/C=C/CCCCCCCCCCCCCCc1ccccc1OCC1(C)CO1. The molecule has 1 atom stereocenters. The molecular weight excluding hydrogens is 368 g/mol. The molecule has 0 saturated carbocycles. The average Bonchev–Trinajstić information content (AvgIpc) is 3.50. The van der Waals surface area contributed by atoms with E-state index in [0.717, 1.165) is 18.8 Å². The minimum Gasteiger partial charge on any atom is -0.490 e. The molecule has 1 aliphatic rings. The van der Waals surface area contributed by atoms with E-state index in [-0.39, 0.29) is 5.60 Å². The highest BCUT2D eigenvalue weighted by atomic mass is 16.6. The number of unbranched alkanes of at least 4 members (excludes halogenated alkanes) is 12. The van der Waals surface area contributed by atoms with Gasteiger partial charge in [-0.1, -0.05) is 101 Å². The van der Waals surface area contributed by atoms with Gasteiger partial charge in [-0.05, 0) is 50.7 Å². The van der Waals surface area contributed by atoms with Crippen molar-refractivity contribution in [3.8, 4) is 5.75 Å². The molecule has 170 valence electrons. The molecule has 30 heavy (non-hydrogen) atoms. The molecule has 0 aromatic heterocycles. The van der Waals surface area contributed by atoms with Crippen LogP contribution < -0.4 is 4.74 Å². The minimum atomic E-state index is -0.0427. The van der Waals surface area contributed by atoms with Gasteiger partial charge >= 0.3 is 0 Å². The number of hydrogen-bond acceptors (Lipinski definition) is 2. The van der Waals surface area contributed by atoms with Gasteiger partial charge in [0.05, 0.1) is 6.61 Å². The van der Waals surface area contributed by atoms with Crippen molar-refractivity contribution in [1.29, 1.82) is 0 Å². The fourth-order valence-electron chi connectivity index (χ4n) is 3.92. The van der Waals surface area contributed by atoms with Gasteiger partial charge in [0.25, 0.3) is 0 Å². The summed E-state index contributed by atoms with van der Waals surface area (Å²) in [7, 11) is 0. The molecule has 1 fully saturated rings. The number of ether oxygens (including phenoxy) is 2. The van der Waals surface area contributed by atoms with E-state index in [1.165, 1.54) is 95.5 Å². The number of para-hydroxylation sites is 1. The van der Waals surface area contributed by atoms with Crippen LogP contribution in [0.5, 0.6) is 5.75 Å². The Morgan fingerprint density at radius 1 is 0.833 bits per heavy atom. The summed E-state index contributed by atoms with van der Waals surface area (Å²) in [6.07, 6.45) is 25.0. The van der Waals surface area contributed by atoms with E-state index >= 15 is 0 Å². The number of rotatable bonds is 19. The predicted octanol–water partition coefficient (Wildman–Crippen LogP) is 8.43. The lowest BCUT2D eigenvalue weighted by Gasteiger charge is -2.13. The maximum absolute atomic E-state index is 6.02. The van der Waals surface area contributed by atoms with Crippen molar-refractivity contribution in [2.45, 2.75) is 116 Å². The fraction of sp³-hybridized carbons (Fsp3) is 0.714. The van der Waals surface area contributed by atoms with Crippen molar-refractivity contribution in [3.05, 3.63) is 42.0 Å². The smallest absolute Gasteiger partial charge is 0.123 e. The maximum atomic E-state index is 6.02. The first kappa shape index (κ1) is 25.0. The number of hydrogen-bond donors (Lipinski definition) is 0. The summed E-state index contributed by atoms with van der Waals surface area (Å²) >= 11 is 0. The van der Waals surface area contributed by atoms with E-state index in [1.807, 2.05) is 0 Å². The van der Waals surface area contributed by atoms with Crippen molar-refractivity contribution >= 4 is 0 Å². The normalized spacial score (nSPS) is 18.2. The lowest BCUT2D eigenvalue weighted by atomic mass is 10.0. The van der Waals surface area contributed by atoms with Crippen LogP contribution in [-0.4, -0.2) is 18.8 Å². The molecule has 1 heterocycles. The molecule has 2 heteroatoms. The van der Waals surface area contributed by atoms with Gasteiger partial charge < -0.3 is 9.47 Å². The summed E-state index contributed by atoms with van der Waals surface area (Å²) in [5.41, 5.74) is 1.31. The van der Waals surface area contributed by atoms with Crippen LogP contribution in [0.15, 0.2) is 36.4 Å². The fourth-order valence-corrected chi connectivity index (χ4v) is 3.92. The van der Waals surface area contributed by atoms with Gasteiger partial charge in [-0.15, -0.1) is 0 Å². The second-order valence-corrected chi connectivity index (χ2v) is 9.30. The monoisotopic (exact) mass is 414 g/mol. The molecule has 0 radical (unpaired) electrons. The Balaban J connectivity index is 1.38. The molecule has 2 nitrogen and oxygen atoms in total. The zero-order valence-electron chi connectivity index (χ0n) is 19.8. The molecule has 1 aromatic rings. The van der Waals surface area contributed by atoms with Gasteiger partial charge in [-0.25, -0.2) is 0 Å². The van der Waals surface area contributed by atoms with Crippen LogP contribution in [0.2, 0.25) is 0 Å². The first-order valence-electron chi connectivity index (χ1n) is 12.7. The van der Waals surface area contributed by atoms with Crippen molar-refractivity contribution in [3.63, 3.8) is 0 Å². The third kappa shape index (κ3) is 11.8. The number of aryl methyl sites for hydroxylation is 1. The van der Waals surface area contributed by atoms with Crippen LogP contribution in [0.3, 0.4) is 0 Å². The number of benzene rings is 1. The van der Waals surface area contributed by atoms with Crippen LogP contribution in [0.1, 0.15) is 109 Å². The average molecular weight is 415 g/mol. The molecule has 0 aliphatic carbocycles. The Morgan fingerprint density at radius 2 is 1.40 bits per heavy atom. The van der Waals surface area contributed by atoms with E-state index in [4.69, 9.17) is 9.47 Å². The van der Waals surface area contributed by atoms with Crippen molar-refractivity contribution in [2.24, 2.45) is 0 Å². The lowest BCUT2D eigenvalue weighted by Crippen LogP contribution is -2.17. The number of epoxide rings is 1. The third-order valence-corrected chi connectivity index (χ3v) is 6.11. The molecule has 1 aromatic carbocycles. The van der Waals surface area contributed by atoms with Gasteiger partial charge in [-0.2, -0.15) is 0 Å². The third-order valence-electron chi connectivity index (χ3n) is 6.11. The Kier molecular flexibility index (Phi) is 12.9. The van der Waals surface area contributed by atoms with Gasteiger partial charge in [0.15, 0.2) is 0 Å². The van der Waals surface area contributed by atoms with Crippen molar-refractivity contribution < 1.29 is 9.47 Å². The summed E-state index contributed by atoms with van der Waals surface area (Å²) in [6, 6.07) is 8.51. The Hall–Kier alpha value is -1.28. The first-order chi connectivity index (χ1) is 14.7. The summed E-state index contributed by atoms with van der Waals surface area (Å²) < 4.78 is 11.4. The Bertz CT molecular complexity index is 574. The Labute approximate surface area is 186 Å². The lowest BCUT2D eigenvalue weighted by molar-refractivity contribution is 0.201. The van der Waals surface area contributed by atoms with Crippen LogP contribution in [0.25, 0.3) is 0 Å². The molecule has 1 unspecified atom stereocenters. The van der Waals surface area contributed by atoms with Crippen LogP contribution in [0, 0.1) is 0 Å². The summed E-state index contributed by atoms with van der Waals surface area (Å²) in [4.78, 5) is 0. The molecule has 0 bridgehead atoms. The van der Waals surface area contributed by atoms with E-state index in [0.29, 0.717) is 6.61 Å². The van der Waals surface area contributed by atoms with Crippen LogP contribution >= 0.6 is 0 Å². The summed E-state index contributed by atoms with van der Waals surface area (Å²) in [5, 5.41) is 0. The molecule has 0 spiro atoms. The topological polar surface area (TPSA) is 21.8 Å². The highest BCUT2D eigenvalue weighted by Gasteiger charge is 2.40. The highest BCUT2D eigenvalue weighted by molar-refractivity contribution is 5.33. The van der Waals surface area contributed by atoms with E-state index in [1.54, 1.807) is 0 Å². The predicted molar refractivity (Wildman–Crippen MR) is 129 cm³/mol. The summed E-state index contributed by atoms with van der Waals surface area (Å²) in [6.45, 7) is 5.81. The zero-order valence-corrected chi connectivity index (χ0v) is 19.8. The van der Waals surface area contributed by atoms with Crippen molar-refractivity contribution in [1.82, 2.24) is 0 Å². The van der Waals surface area contributed by atoms with Crippen LogP contribution in [0.4, 0.5) is 0 Å².